The first-order valence-electron chi connectivity index (χ1n) is 4.82. The van der Waals surface area contributed by atoms with Crippen LogP contribution in [0.5, 0.6) is 0 Å². The Bertz CT molecular complexity index is 411. The van der Waals surface area contributed by atoms with E-state index in [1.165, 1.54) is 4.88 Å². The highest BCUT2D eigenvalue weighted by Crippen LogP contribution is 2.16. The van der Waals surface area contributed by atoms with Crippen LogP contribution < -0.4 is 0 Å². The molecule has 15 heavy (non-hydrogen) atoms. The highest BCUT2D eigenvalue weighted by atomic mass is 32.1. The van der Waals surface area contributed by atoms with Crippen LogP contribution in [0.3, 0.4) is 0 Å². The molecule has 0 aliphatic rings. The number of aromatic nitrogens is 2. The lowest BCUT2D eigenvalue weighted by molar-refractivity contribution is 0.159. The number of nitrogens with zero attached hydrogens (tertiary/aromatic N) is 2. The minimum atomic E-state index is -0.620. The van der Waals surface area contributed by atoms with Gasteiger partial charge in [-0.2, -0.15) is 4.98 Å². The fourth-order valence-electron chi connectivity index (χ4n) is 1.22. The van der Waals surface area contributed by atoms with Gasteiger partial charge in [-0.15, -0.1) is 11.3 Å². The van der Waals surface area contributed by atoms with Gasteiger partial charge in [0, 0.05) is 4.88 Å². The fraction of sp³-hybridized carbons (Fsp3) is 0.400. The molecule has 0 bridgehead atoms. The van der Waals surface area contributed by atoms with Crippen LogP contribution in [0.1, 0.15) is 36.0 Å². The van der Waals surface area contributed by atoms with Crippen LogP contribution in [0.2, 0.25) is 0 Å². The first kappa shape index (κ1) is 10.3. The molecule has 1 unspecified atom stereocenters. The molecule has 0 aliphatic heterocycles. The lowest BCUT2D eigenvalue weighted by Gasteiger charge is -1.97. The Morgan fingerprint density at radius 2 is 2.47 bits per heavy atom. The van der Waals surface area contributed by atoms with Crippen molar-refractivity contribution in [3.8, 4) is 0 Å². The molecule has 80 valence electrons. The maximum absolute atomic E-state index is 9.49. The summed E-state index contributed by atoms with van der Waals surface area (Å²) < 4.78 is 5.05. The average molecular weight is 224 g/mol. The van der Waals surface area contributed by atoms with E-state index in [1.807, 2.05) is 24.4 Å². The Morgan fingerprint density at radius 3 is 3.13 bits per heavy atom. The second-order valence-electron chi connectivity index (χ2n) is 3.23. The van der Waals surface area contributed by atoms with E-state index in [0.29, 0.717) is 24.6 Å². The quantitative estimate of drug-likeness (QED) is 0.864. The summed E-state index contributed by atoms with van der Waals surface area (Å²) in [6.45, 7) is 1.87. The fourth-order valence-corrected chi connectivity index (χ4v) is 1.92. The summed E-state index contributed by atoms with van der Waals surface area (Å²) in [5.74, 6) is 0.934. The van der Waals surface area contributed by atoms with E-state index in [2.05, 4.69) is 10.1 Å². The van der Waals surface area contributed by atoms with Crippen molar-refractivity contribution in [3.05, 3.63) is 34.1 Å². The maximum atomic E-state index is 9.49. The van der Waals surface area contributed by atoms with E-state index in [0.717, 1.165) is 0 Å². The second-order valence-corrected chi connectivity index (χ2v) is 4.26. The van der Waals surface area contributed by atoms with E-state index in [4.69, 9.17) is 4.52 Å². The predicted octanol–water partition coefficient (Wildman–Crippen LogP) is 2.17. The van der Waals surface area contributed by atoms with Gasteiger partial charge in [-0.05, 0) is 17.9 Å². The van der Waals surface area contributed by atoms with Crippen molar-refractivity contribution in [2.45, 2.75) is 25.9 Å². The largest absolute Gasteiger partial charge is 0.385 e. The Balaban J connectivity index is 2.07. The summed E-state index contributed by atoms with van der Waals surface area (Å²) in [6.07, 6.45) is 0.616. The van der Waals surface area contributed by atoms with Gasteiger partial charge in [0.1, 0.15) is 6.10 Å². The van der Waals surface area contributed by atoms with Crippen molar-refractivity contribution in [1.82, 2.24) is 10.1 Å². The zero-order chi connectivity index (χ0) is 10.7. The van der Waals surface area contributed by atoms with Crippen molar-refractivity contribution >= 4 is 11.3 Å². The summed E-state index contributed by atoms with van der Waals surface area (Å²) in [5, 5.41) is 15.2. The van der Waals surface area contributed by atoms with Gasteiger partial charge in [0.15, 0.2) is 5.82 Å². The summed E-state index contributed by atoms with van der Waals surface area (Å²) in [5.41, 5.74) is 0. The molecule has 1 N–H and O–H groups in total. The number of hydrogen-bond acceptors (Lipinski definition) is 5. The van der Waals surface area contributed by atoms with E-state index >= 15 is 0 Å². The second kappa shape index (κ2) is 4.55. The van der Waals surface area contributed by atoms with E-state index in [-0.39, 0.29) is 0 Å². The molecule has 2 rings (SSSR count). The van der Waals surface area contributed by atoms with Crippen LogP contribution >= 0.6 is 11.3 Å². The zero-order valence-electron chi connectivity index (χ0n) is 8.38. The molecule has 0 fully saturated rings. The van der Waals surface area contributed by atoms with Crippen LogP contribution in [0.25, 0.3) is 0 Å². The Morgan fingerprint density at radius 1 is 1.60 bits per heavy atom. The third kappa shape index (κ3) is 2.43. The molecule has 0 aliphatic carbocycles. The number of thiophene rings is 1. The average Bonchev–Trinajstić information content (AvgIpc) is 2.88. The van der Waals surface area contributed by atoms with Gasteiger partial charge >= 0.3 is 0 Å². The standard InChI is InChI=1S/C10H12N2O2S/c1-2-8(13)10-11-9(14-12-10)6-7-4-3-5-15-7/h3-5,8,13H,2,6H2,1H3. The number of hydrogen-bond donors (Lipinski definition) is 1. The van der Waals surface area contributed by atoms with Crippen LogP contribution in [-0.4, -0.2) is 15.2 Å². The molecule has 0 spiro atoms. The first-order chi connectivity index (χ1) is 7.29. The molecule has 2 heterocycles. The molecule has 5 heteroatoms. The minimum Gasteiger partial charge on any atom is -0.385 e. The van der Waals surface area contributed by atoms with Gasteiger partial charge in [0.05, 0.1) is 6.42 Å². The number of rotatable bonds is 4. The molecule has 4 nitrogen and oxygen atoms in total. The lowest BCUT2D eigenvalue weighted by atomic mass is 10.3. The predicted molar refractivity (Wildman–Crippen MR) is 56.7 cm³/mol. The Labute approximate surface area is 91.6 Å². The molecule has 1 atom stereocenters. The SMILES string of the molecule is CCC(O)c1noc(Cc2cccs2)n1. The lowest BCUT2D eigenvalue weighted by Crippen LogP contribution is -1.97. The summed E-state index contributed by atoms with van der Waals surface area (Å²) in [6, 6.07) is 4.00. The molecule has 2 aromatic rings. The smallest absolute Gasteiger partial charge is 0.231 e. The van der Waals surface area contributed by atoms with Crippen molar-refractivity contribution < 1.29 is 9.63 Å². The van der Waals surface area contributed by atoms with Crippen molar-refractivity contribution in [1.29, 1.82) is 0 Å². The Kier molecular flexibility index (Phi) is 3.13. The van der Waals surface area contributed by atoms with Crippen LogP contribution in [0.4, 0.5) is 0 Å². The Hall–Kier alpha value is -1.20. The summed E-state index contributed by atoms with van der Waals surface area (Å²) in [4.78, 5) is 5.31. The maximum Gasteiger partial charge on any atom is 0.231 e. The molecule has 0 amide bonds. The van der Waals surface area contributed by atoms with E-state index in [9.17, 15) is 5.11 Å². The van der Waals surface area contributed by atoms with Crippen molar-refractivity contribution in [3.63, 3.8) is 0 Å². The van der Waals surface area contributed by atoms with E-state index < -0.39 is 6.10 Å². The molecule has 0 saturated heterocycles. The van der Waals surface area contributed by atoms with E-state index in [1.54, 1.807) is 11.3 Å². The molecule has 0 radical (unpaired) electrons. The van der Waals surface area contributed by atoms with Crippen molar-refractivity contribution in [2.75, 3.05) is 0 Å². The highest BCUT2D eigenvalue weighted by Gasteiger charge is 2.13. The summed E-state index contributed by atoms with van der Waals surface area (Å²) in [7, 11) is 0. The molecular formula is C10H12N2O2S. The zero-order valence-corrected chi connectivity index (χ0v) is 9.20. The third-order valence-corrected chi connectivity index (χ3v) is 2.95. The summed E-state index contributed by atoms with van der Waals surface area (Å²) >= 11 is 1.65. The number of aliphatic hydroxyl groups is 1. The molecule has 0 aromatic carbocycles. The van der Waals surface area contributed by atoms with Gasteiger partial charge in [-0.1, -0.05) is 18.1 Å². The van der Waals surface area contributed by atoms with Gasteiger partial charge in [0.2, 0.25) is 5.89 Å². The third-order valence-electron chi connectivity index (χ3n) is 2.07. The molecule has 2 aromatic heterocycles. The first-order valence-corrected chi connectivity index (χ1v) is 5.70. The van der Waals surface area contributed by atoms with Crippen molar-refractivity contribution in [2.24, 2.45) is 0 Å². The highest BCUT2D eigenvalue weighted by molar-refractivity contribution is 7.09. The molecular weight excluding hydrogens is 212 g/mol. The van der Waals surface area contributed by atoms with Gasteiger partial charge in [0.25, 0.3) is 0 Å². The van der Waals surface area contributed by atoms with Crippen LogP contribution in [-0.2, 0) is 6.42 Å². The van der Waals surface area contributed by atoms with Crippen LogP contribution in [0, 0.1) is 0 Å². The van der Waals surface area contributed by atoms with Gasteiger partial charge in [-0.25, -0.2) is 0 Å². The molecule has 0 saturated carbocycles. The van der Waals surface area contributed by atoms with Crippen LogP contribution in [0.15, 0.2) is 22.0 Å². The van der Waals surface area contributed by atoms with Gasteiger partial charge < -0.3 is 9.63 Å². The normalized spacial score (nSPS) is 12.9. The minimum absolute atomic E-state index is 0.379. The topological polar surface area (TPSA) is 59.2 Å². The monoisotopic (exact) mass is 224 g/mol. The van der Waals surface area contributed by atoms with Gasteiger partial charge in [-0.3, -0.25) is 0 Å². The number of aliphatic hydroxyl groups excluding tert-OH is 1.